The Hall–Kier alpha value is -2.06. The molecule has 0 unspecified atom stereocenters. The van der Waals surface area contributed by atoms with Crippen molar-refractivity contribution in [1.29, 1.82) is 0 Å². The van der Waals surface area contributed by atoms with Gasteiger partial charge in [0.25, 0.3) is 0 Å². The highest BCUT2D eigenvalue weighted by atomic mass is 16.3. The van der Waals surface area contributed by atoms with Gasteiger partial charge in [-0.1, -0.05) is 49.4 Å². The summed E-state index contributed by atoms with van der Waals surface area (Å²) >= 11 is 0. The van der Waals surface area contributed by atoms with Crippen LogP contribution in [0.4, 0.5) is 0 Å². The number of fused-ring (bicyclic) bond motifs is 5. The van der Waals surface area contributed by atoms with E-state index in [1.54, 1.807) is 0 Å². The van der Waals surface area contributed by atoms with Crippen LogP contribution in [0.2, 0.25) is 0 Å². The minimum atomic E-state index is -0.155. The molecule has 29 heavy (non-hydrogen) atoms. The average Bonchev–Trinajstić information content (AvgIpc) is 3.03. The summed E-state index contributed by atoms with van der Waals surface area (Å²) in [5.74, 6) is 2.49. The fourth-order valence-corrected chi connectivity index (χ4v) is 7.09. The van der Waals surface area contributed by atoms with Crippen LogP contribution in [0.1, 0.15) is 66.7 Å². The van der Waals surface area contributed by atoms with Gasteiger partial charge in [-0.05, 0) is 95.9 Å². The molecule has 0 bridgehead atoms. The standard InChI is InChI=1S/C27H32O2/c1-3-7-18-12-22-19(14-25(18)29)13-23(17-8-5-4-6-9-17)26-21(22)10-11-27(2)16-20(28)15-24(26)27/h3-6,8-9,12,14,20-21,23-24,26,28-29H,1,7,10-11,13,15-16H2,2H3/t20-,21-,23+,24+,26+,27-/m1/s1. The molecule has 2 heteroatoms. The third-order valence-corrected chi connectivity index (χ3v) is 8.32. The normalized spacial score (nSPS) is 35.4. The first-order valence-corrected chi connectivity index (χ1v) is 11.2. The SMILES string of the molecule is C=CCc1cc2c(cc1O)C[C@@H](c1ccccc1)[C@@H]1[C@@H]2CC[C@]2(C)C[C@H](O)C[C@@H]12. The van der Waals surface area contributed by atoms with Gasteiger partial charge in [-0.15, -0.1) is 6.58 Å². The lowest BCUT2D eigenvalue weighted by Crippen LogP contribution is -2.43. The molecule has 3 aliphatic rings. The fourth-order valence-electron chi connectivity index (χ4n) is 7.09. The van der Waals surface area contributed by atoms with E-state index in [1.807, 2.05) is 12.1 Å². The van der Waals surface area contributed by atoms with Gasteiger partial charge in [0.1, 0.15) is 5.75 Å². The van der Waals surface area contributed by atoms with Crippen molar-refractivity contribution in [2.45, 2.75) is 63.4 Å². The molecule has 2 N–H and O–H groups in total. The first-order valence-electron chi connectivity index (χ1n) is 11.2. The molecule has 6 atom stereocenters. The molecule has 2 nitrogen and oxygen atoms in total. The molecule has 5 rings (SSSR count). The number of aliphatic hydroxyl groups excluding tert-OH is 1. The van der Waals surface area contributed by atoms with Gasteiger partial charge in [0.05, 0.1) is 6.10 Å². The lowest BCUT2D eigenvalue weighted by atomic mass is 9.52. The van der Waals surface area contributed by atoms with E-state index in [0.29, 0.717) is 35.8 Å². The zero-order valence-electron chi connectivity index (χ0n) is 17.3. The first-order chi connectivity index (χ1) is 14.0. The molecule has 0 heterocycles. The molecule has 0 radical (unpaired) electrons. The highest BCUT2D eigenvalue weighted by Gasteiger charge is 2.55. The highest BCUT2D eigenvalue weighted by molar-refractivity contribution is 5.48. The Morgan fingerprint density at radius 1 is 1.17 bits per heavy atom. The molecule has 2 fully saturated rings. The maximum Gasteiger partial charge on any atom is 0.119 e. The van der Waals surface area contributed by atoms with E-state index in [0.717, 1.165) is 24.8 Å². The number of rotatable bonds is 3. The van der Waals surface area contributed by atoms with Crippen LogP contribution in [-0.4, -0.2) is 16.3 Å². The molecule has 3 aliphatic carbocycles. The molecule has 2 aromatic carbocycles. The van der Waals surface area contributed by atoms with E-state index in [1.165, 1.54) is 29.5 Å². The number of phenolic OH excluding ortho intramolecular Hbond substituents is 1. The Balaban J connectivity index is 1.64. The second-order valence-electron chi connectivity index (χ2n) is 9.97. The van der Waals surface area contributed by atoms with Gasteiger partial charge in [-0.2, -0.15) is 0 Å². The van der Waals surface area contributed by atoms with Crippen molar-refractivity contribution in [2.75, 3.05) is 0 Å². The van der Waals surface area contributed by atoms with Crippen LogP contribution in [0.15, 0.2) is 55.1 Å². The predicted molar refractivity (Wildman–Crippen MR) is 117 cm³/mol. The topological polar surface area (TPSA) is 40.5 Å². The number of phenols is 1. The van der Waals surface area contributed by atoms with Gasteiger partial charge < -0.3 is 10.2 Å². The fraction of sp³-hybridized carbons (Fsp3) is 0.481. The third kappa shape index (κ3) is 3.04. The first kappa shape index (κ1) is 18.9. The Kier molecular flexibility index (Phi) is 4.58. The maximum atomic E-state index is 10.6. The van der Waals surface area contributed by atoms with Crippen LogP contribution < -0.4 is 0 Å². The van der Waals surface area contributed by atoms with Gasteiger partial charge in [-0.3, -0.25) is 0 Å². The van der Waals surface area contributed by atoms with E-state index in [2.05, 4.69) is 49.9 Å². The van der Waals surface area contributed by atoms with Crippen molar-refractivity contribution >= 4 is 0 Å². The number of hydrogen-bond donors (Lipinski definition) is 2. The lowest BCUT2D eigenvalue weighted by Gasteiger charge is -2.52. The summed E-state index contributed by atoms with van der Waals surface area (Å²) in [4.78, 5) is 0. The summed E-state index contributed by atoms with van der Waals surface area (Å²) in [5.41, 5.74) is 5.42. The van der Waals surface area contributed by atoms with Crippen molar-refractivity contribution in [3.05, 3.63) is 77.4 Å². The minimum absolute atomic E-state index is 0.155. The van der Waals surface area contributed by atoms with Crippen LogP contribution in [0.3, 0.4) is 0 Å². The van der Waals surface area contributed by atoms with Crippen LogP contribution in [0.5, 0.6) is 5.75 Å². The minimum Gasteiger partial charge on any atom is -0.508 e. The second-order valence-corrected chi connectivity index (χ2v) is 9.97. The predicted octanol–water partition coefficient (Wildman–Crippen LogP) is 5.73. The van der Waals surface area contributed by atoms with Gasteiger partial charge in [0.2, 0.25) is 0 Å². The number of aliphatic hydroxyl groups is 1. The zero-order chi connectivity index (χ0) is 20.2. The van der Waals surface area contributed by atoms with E-state index in [4.69, 9.17) is 0 Å². The third-order valence-electron chi connectivity index (χ3n) is 8.32. The summed E-state index contributed by atoms with van der Waals surface area (Å²) in [6.07, 6.45) is 7.66. The summed E-state index contributed by atoms with van der Waals surface area (Å²) < 4.78 is 0. The molecule has 2 aromatic rings. The summed E-state index contributed by atoms with van der Waals surface area (Å²) in [7, 11) is 0. The smallest absolute Gasteiger partial charge is 0.119 e. The Morgan fingerprint density at radius 3 is 2.72 bits per heavy atom. The van der Waals surface area contributed by atoms with Crippen molar-refractivity contribution < 1.29 is 10.2 Å². The molecule has 0 aliphatic heterocycles. The molecule has 0 saturated heterocycles. The van der Waals surface area contributed by atoms with Gasteiger partial charge >= 0.3 is 0 Å². The highest BCUT2D eigenvalue weighted by Crippen LogP contribution is 2.64. The molecular weight excluding hydrogens is 356 g/mol. The molecule has 2 saturated carbocycles. The van der Waals surface area contributed by atoms with Crippen molar-refractivity contribution in [2.24, 2.45) is 17.3 Å². The van der Waals surface area contributed by atoms with E-state index in [9.17, 15) is 10.2 Å². The number of benzene rings is 2. The number of allylic oxidation sites excluding steroid dienone is 1. The summed E-state index contributed by atoms with van der Waals surface area (Å²) in [5, 5.41) is 21.2. The van der Waals surface area contributed by atoms with Crippen LogP contribution in [0, 0.1) is 17.3 Å². The quantitative estimate of drug-likeness (QED) is 0.659. The zero-order valence-corrected chi connectivity index (χ0v) is 17.3. The maximum absolute atomic E-state index is 10.6. The molecular formula is C27H32O2. The van der Waals surface area contributed by atoms with Gasteiger partial charge in [0.15, 0.2) is 0 Å². The van der Waals surface area contributed by atoms with Gasteiger partial charge in [0, 0.05) is 0 Å². The molecule has 0 amide bonds. The van der Waals surface area contributed by atoms with Crippen molar-refractivity contribution in [1.82, 2.24) is 0 Å². The van der Waals surface area contributed by atoms with E-state index >= 15 is 0 Å². The molecule has 0 spiro atoms. The van der Waals surface area contributed by atoms with E-state index in [-0.39, 0.29) is 11.5 Å². The van der Waals surface area contributed by atoms with Crippen molar-refractivity contribution in [3.63, 3.8) is 0 Å². The largest absolute Gasteiger partial charge is 0.508 e. The summed E-state index contributed by atoms with van der Waals surface area (Å²) in [6.45, 7) is 6.28. The monoisotopic (exact) mass is 388 g/mol. The van der Waals surface area contributed by atoms with Crippen LogP contribution in [-0.2, 0) is 12.8 Å². The lowest BCUT2D eigenvalue weighted by molar-refractivity contribution is 0.0468. The molecule has 152 valence electrons. The Bertz CT molecular complexity index is 918. The van der Waals surface area contributed by atoms with E-state index < -0.39 is 0 Å². The van der Waals surface area contributed by atoms with Crippen LogP contribution >= 0.6 is 0 Å². The second kappa shape index (κ2) is 7.02. The van der Waals surface area contributed by atoms with Crippen LogP contribution in [0.25, 0.3) is 0 Å². The van der Waals surface area contributed by atoms with Gasteiger partial charge in [-0.25, -0.2) is 0 Å². The number of aromatic hydroxyl groups is 1. The molecule has 0 aromatic heterocycles. The average molecular weight is 389 g/mol. The Morgan fingerprint density at radius 2 is 1.97 bits per heavy atom. The number of hydrogen-bond acceptors (Lipinski definition) is 2. The summed E-state index contributed by atoms with van der Waals surface area (Å²) in [6, 6.07) is 15.2. The Labute approximate surface area is 174 Å². The van der Waals surface area contributed by atoms with Crippen molar-refractivity contribution in [3.8, 4) is 5.75 Å².